The van der Waals surface area contributed by atoms with Crippen LogP contribution in [0.15, 0.2) is 18.2 Å². The maximum absolute atomic E-state index is 12.3. The molecule has 1 N–H and O–H groups in total. The minimum atomic E-state index is -4.92. The van der Waals surface area contributed by atoms with Crippen molar-refractivity contribution in [2.24, 2.45) is 0 Å². The van der Waals surface area contributed by atoms with Gasteiger partial charge in [-0.1, -0.05) is 6.07 Å². The predicted octanol–water partition coefficient (Wildman–Crippen LogP) is 2.62. The lowest BCUT2D eigenvalue weighted by Gasteiger charge is -2.28. The number of methoxy groups -OCH3 is 2. The summed E-state index contributed by atoms with van der Waals surface area (Å²) in [5.41, 5.74) is -0.737. The lowest BCUT2D eigenvalue weighted by molar-refractivity contribution is -0.175. The van der Waals surface area contributed by atoms with Crippen molar-refractivity contribution >= 4 is 5.91 Å². The third-order valence-electron chi connectivity index (χ3n) is 2.79. The van der Waals surface area contributed by atoms with E-state index in [4.69, 9.17) is 9.47 Å². The van der Waals surface area contributed by atoms with Crippen LogP contribution in [0.25, 0.3) is 0 Å². The third-order valence-corrected chi connectivity index (χ3v) is 2.79. The molecule has 0 spiro atoms. The molecule has 1 aromatic carbocycles. The zero-order valence-corrected chi connectivity index (χ0v) is 11.6. The van der Waals surface area contributed by atoms with Gasteiger partial charge in [-0.25, -0.2) is 0 Å². The summed E-state index contributed by atoms with van der Waals surface area (Å²) in [6.07, 6.45) is -4.92. The molecule has 0 atom stereocenters. The number of benzene rings is 1. The van der Waals surface area contributed by atoms with Crippen LogP contribution < -0.4 is 14.8 Å². The number of rotatable bonds is 4. The Bertz CT molecular complexity index is 498. The zero-order chi connectivity index (χ0) is 15.6. The monoisotopic (exact) mass is 291 g/mol. The highest BCUT2D eigenvalue weighted by molar-refractivity contribution is 5.82. The molecule has 1 rings (SSSR count). The summed E-state index contributed by atoms with van der Waals surface area (Å²) in [6.45, 7) is 2.94. The molecule has 0 aliphatic rings. The summed E-state index contributed by atoms with van der Waals surface area (Å²) in [6, 6.07) is 4.66. The average Bonchev–Trinajstić information content (AvgIpc) is 2.36. The van der Waals surface area contributed by atoms with Crippen molar-refractivity contribution in [3.63, 3.8) is 0 Å². The lowest BCUT2D eigenvalue weighted by Crippen LogP contribution is -2.47. The summed E-state index contributed by atoms with van der Waals surface area (Å²) in [7, 11) is 2.87. The third kappa shape index (κ3) is 3.55. The Hall–Kier alpha value is -1.92. The minimum Gasteiger partial charge on any atom is -0.493 e. The zero-order valence-electron chi connectivity index (χ0n) is 11.6. The second kappa shape index (κ2) is 5.60. The number of halogens is 3. The summed E-state index contributed by atoms with van der Waals surface area (Å²) < 4.78 is 47.0. The van der Waals surface area contributed by atoms with E-state index in [9.17, 15) is 18.0 Å². The van der Waals surface area contributed by atoms with E-state index in [0.29, 0.717) is 17.1 Å². The molecule has 0 fully saturated rings. The largest absolute Gasteiger partial charge is 0.493 e. The lowest BCUT2D eigenvalue weighted by atomic mass is 9.93. The molecule has 1 aromatic rings. The molecule has 0 saturated carbocycles. The van der Waals surface area contributed by atoms with Crippen molar-refractivity contribution in [3.8, 4) is 11.5 Å². The molecule has 0 heterocycles. The van der Waals surface area contributed by atoms with Crippen LogP contribution in [0.4, 0.5) is 13.2 Å². The predicted molar refractivity (Wildman–Crippen MR) is 66.8 cm³/mol. The second-order valence-corrected chi connectivity index (χ2v) is 4.65. The SMILES string of the molecule is COc1ccc(C(C)(C)NC(=O)C(F)(F)F)cc1OC. The summed E-state index contributed by atoms with van der Waals surface area (Å²) in [4.78, 5) is 11.0. The Labute approximate surface area is 114 Å². The maximum Gasteiger partial charge on any atom is 0.471 e. The van der Waals surface area contributed by atoms with Crippen molar-refractivity contribution in [1.82, 2.24) is 5.32 Å². The van der Waals surface area contributed by atoms with E-state index < -0.39 is 17.6 Å². The smallest absolute Gasteiger partial charge is 0.471 e. The molecule has 0 bridgehead atoms. The Kier molecular flexibility index (Phi) is 4.52. The summed E-state index contributed by atoms with van der Waals surface area (Å²) in [5, 5.41) is 1.94. The Balaban J connectivity index is 3.06. The molecular weight excluding hydrogens is 275 g/mol. The number of carbonyl (C=O) groups is 1. The number of ether oxygens (including phenoxy) is 2. The molecule has 7 heteroatoms. The normalized spacial score (nSPS) is 11.9. The van der Waals surface area contributed by atoms with Crippen LogP contribution in [-0.4, -0.2) is 26.3 Å². The molecule has 0 aromatic heterocycles. The molecule has 0 radical (unpaired) electrons. The van der Waals surface area contributed by atoms with E-state index >= 15 is 0 Å². The van der Waals surface area contributed by atoms with Gasteiger partial charge in [0.2, 0.25) is 0 Å². The van der Waals surface area contributed by atoms with E-state index in [0.717, 1.165) is 0 Å². The Morgan fingerprint density at radius 1 is 1.10 bits per heavy atom. The summed E-state index contributed by atoms with van der Waals surface area (Å²) in [5.74, 6) is -1.16. The van der Waals surface area contributed by atoms with E-state index in [1.165, 1.54) is 34.1 Å². The van der Waals surface area contributed by atoms with E-state index in [1.807, 2.05) is 5.32 Å². The molecular formula is C13H16F3NO3. The average molecular weight is 291 g/mol. The fraction of sp³-hybridized carbons (Fsp3) is 0.462. The van der Waals surface area contributed by atoms with Crippen molar-refractivity contribution < 1.29 is 27.4 Å². The fourth-order valence-electron chi connectivity index (χ4n) is 1.65. The topological polar surface area (TPSA) is 47.6 Å². The van der Waals surface area contributed by atoms with Crippen molar-refractivity contribution in [2.75, 3.05) is 14.2 Å². The Morgan fingerprint density at radius 2 is 1.65 bits per heavy atom. The van der Waals surface area contributed by atoms with Crippen molar-refractivity contribution in [3.05, 3.63) is 23.8 Å². The first-order valence-corrected chi connectivity index (χ1v) is 5.73. The fourth-order valence-corrected chi connectivity index (χ4v) is 1.65. The number of hydrogen-bond donors (Lipinski definition) is 1. The van der Waals surface area contributed by atoms with Crippen LogP contribution in [0.3, 0.4) is 0 Å². The van der Waals surface area contributed by atoms with Gasteiger partial charge in [0.15, 0.2) is 11.5 Å². The van der Waals surface area contributed by atoms with Crippen LogP contribution in [0.2, 0.25) is 0 Å². The van der Waals surface area contributed by atoms with Gasteiger partial charge in [-0.2, -0.15) is 13.2 Å². The first-order valence-electron chi connectivity index (χ1n) is 5.73. The van der Waals surface area contributed by atoms with E-state index in [1.54, 1.807) is 12.1 Å². The summed E-state index contributed by atoms with van der Waals surface area (Å²) >= 11 is 0. The standard InChI is InChI=1S/C13H16F3NO3/c1-12(2,17-11(18)13(14,15)16)8-5-6-9(19-3)10(7-8)20-4/h5-7H,1-4H3,(H,17,18). The van der Waals surface area contributed by atoms with Gasteiger partial charge in [-0.05, 0) is 31.5 Å². The number of alkyl halides is 3. The van der Waals surface area contributed by atoms with Crippen molar-refractivity contribution in [1.29, 1.82) is 0 Å². The Morgan fingerprint density at radius 3 is 2.10 bits per heavy atom. The molecule has 0 aliphatic carbocycles. The van der Waals surface area contributed by atoms with E-state index in [2.05, 4.69) is 0 Å². The first-order chi connectivity index (χ1) is 9.11. The van der Waals surface area contributed by atoms with Crippen molar-refractivity contribution in [2.45, 2.75) is 25.6 Å². The highest BCUT2D eigenvalue weighted by Gasteiger charge is 2.41. The van der Waals surface area contributed by atoms with Crippen LogP contribution in [-0.2, 0) is 10.3 Å². The second-order valence-electron chi connectivity index (χ2n) is 4.65. The van der Waals surface area contributed by atoms with Gasteiger partial charge >= 0.3 is 12.1 Å². The molecule has 0 unspecified atom stereocenters. The molecule has 112 valence electrons. The molecule has 0 saturated heterocycles. The van der Waals surface area contributed by atoms with Gasteiger partial charge in [0.25, 0.3) is 0 Å². The maximum atomic E-state index is 12.3. The van der Waals surface area contributed by atoms with Gasteiger partial charge in [0, 0.05) is 0 Å². The molecule has 20 heavy (non-hydrogen) atoms. The van der Waals surface area contributed by atoms with Crippen LogP contribution in [0.5, 0.6) is 11.5 Å². The highest BCUT2D eigenvalue weighted by atomic mass is 19.4. The van der Waals surface area contributed by atoms with Crippen LogP contribution in [0, 0.1) is 0 Å². The van der Waals surface area contributed by atoms with E-state index in [-0.39, 0.29) is 0 Å². The molecule has 1 amide bonds. The highest BCUT2D eigenvalue weighted by Crippen LogP contribution is 2.32. The van der Waals surface area contributed by atoms with Gasteiger partial charge in [0.1, 0.15) is 0 Å². The molecule has 0 aliphatic heterocycles. The number of hydrogen-bond acceptors (Lipinski definition) is 3. The van der Waals surface area contributed by atoms with Crippen LogP contribution in [0.1, 0.15) is 19.4 Å². The number of amides is 1. The van der Waals surface area contributed by atoms with Crippen LogP contribution >= 0.6 is 0 Å². The van der Waals surface area contributed by atoms with Gasteiger partial charge in [-0.3, -0.25) is 4.79 Å². The van der Waals surface area contributed by atoms with Gasteiger partial charge in [0.05, 0.1) is 19.8 Å². The quantitative estimate of drug-likeness (QED) is 0.927. The minimum absolute atomic E-state index is 0.374. The first kappa shape index (κ1) is 16.1. The number of nitrogens with one attached hydrogen (secondary N) is 1. The van der Waals surface area contributed by atoms with Gasteiger partial charge < -0.3 is 14.8 Å². The van der Waals surface area contributed by atoms with Gasteiger partial charge in [-0.15, -0.1) is 0 Å². The number of carbonyl (C=O) groups excluding carboxylic acids is 1. The molecule has 4 nitrogen and oxygen atoms in total.